The lowest BCUT2D eigenvalue weighted by Crippen LogP contribution is -2.45. The molecular formula is C25H31N5O2S. The largest absolute Gasteiger partial charge is 0.370 e. The third-order valence-electron chi connectivity index (χ3n) is 6.73. The molecule has 33 heavy (non-hydrogen) atoms. The van der Waals surface area contributed by atoms with Crippen LogP contribution in [0.4, 0.5) is 0 Å². The molecule has 3 aromatic heterocycles. The van der Waals surface area contributed by atoms with E-state index in [1.807, 2.05) is 49.0 Å². The van der Waals surface area contributed by atoms with Crippen LogP contribution in [-0.4, -0.2) is 45.3 Å². The summed E-state index contributed by atoms with van der Waals surface area (Å²) in [5, 5.41) is 7.15. The molecule has 0 bridgehead atoms. The van der Waals surface area contributed by atoms with Gasteiger partial charge in [-0.15, -0.1) is 11.3 Å². The number of aromatic nitrogens is 3. The first kappa shape index (κ1) is 22.3. The van der Waals surface area contributed by atoms with Gasteiger partial charge in [0.1, 0.15) is 5.69 Å². The summed E-state index contributed by atoms with van der Waals surface area (Å²) >= 11 is 1.97. The van der Waals surface area contributed by atoms with Gasteiger partial charge in [0.15, 0.2) is 0 Å². The third-order valence-corrected chi connectivity index (χ3v) is 8.07. The second-order valence-corrected chi connectivity index (χ2v) is 10.2. The minimum absolute atomic E-state index is 0.0954. The fraction of sp³-hybridized carbons (Fsp3) is 0.480. The van der Waals surface area contributed by atoms with Crippen molar-refractivity contribution in [3.05, 3.63) is 68.9 Å². The number of nitrogens with one attached hydrogen (secondary N) is 1. The number of carbonyl (C=O) groups excluding carboxylic acids is 1. The molecule has 3 aromatic rings. The number of carbonyl (C=O) groups is 1. The van der Waals surface area contributed by atoms with E-state index in [9.17, 15) is 4.79 Å². The lowest BCUT2D eigenvalue weighted by molar-refractivity contribution is -0.0981. The van der Waals surface area contributed by atoms with Gasteiger partial charge in [0.2, 0.25) is 0 Å². The summed E-state index contributed by atoms with van der Waals surface area (Å²) in [6.45, 7) is 6.31. The Hall–Kier alpha value is -2.55. The van der Waals surface area contributed by atoms with Crippen molar-refractivity contribution in [3.8, 4) is 0 Å². The summed E-state index contributed by atoms with van der Waals surface area (Å²) in [5.74, 6) is -0.181. The molecule has 0 atom stereocenters. The average Bonchev–Trinajstić information content (AvgIpc) is 3.46. The van der Waals surface area contributed by atoms with Crippen molar-refractivity contribution in [1.82, 2.24) is 25.0 Å². The molecule has 1 spiro atoms. The molecule has 1 amide bonds. The van der Waals surface area contributed by atoms with Gasteiger partial charge >= 0.3 is 0 Å². The Labute approximate surface area is 198 Å². The predicted molar refractivity (Wildman–Crippen MR) is 128 cm³/mol. The maximum Gasteiger partial charge on any atom is 0.270 e. The highest BCUT2D eigenvalue weighted by Crippen LogP contribution is 2.44. The SMILES string of the molecule is CCc1cc2c(s1)CCOC21CCN(Cc2ccc(C(=O)NCc3ccn(C)n3)nc2)CC1. The topological polar surface area (TPSA) is 72.3 Å². The first-order valence-electron chi connectivity index (χ1n) is 11.7. The Morgan fingerprint density at radius 1 is 1.27 bits per heavy atom. The van der Waals surface area contributed by atoms with Crippen LogP contribution in [0.15, 0.2) is 36.7 Å². The Kier molecular flexibility index (Phi) is 6.32. The molecule has 1 N–H and O–H groups in total. The zero-order chi connectivity index (χ0) is 22.8. The van der Waals surface area contributed by atoms with Gasteiger partial charge in [0.25, 0.3) is 5.91 Å². The zero-order valence-corrected chi connectivity index (χ0v) is 20.2. The van der Waals surface area contributed by atoms with Crippen LogP contribution in [0.25, 0.3) is 0 Å². The Balaban J connectivity index is 1.15. The van der Waals surface area contributed by atoms with Gasteiger partial charge in [-0.25, -0.2) is 0 Å². The second kappa shape index (κ2) is 9.37. The molecule has 5 rings (SSSR count). The standard InChI is InChI=1S/C25H31N5O2S/c1-3-20-14-21-23(33-20)7-13-32-25(21)8-11-30(12-9-25)17-18-4-5-22(26-15-18)24(31)27-16-19-6-10-29(2)28-19/h4-6,10,14-15H,3,7-9,11-13,16-17H2,1-2H3,(H,27,31). The van der Waals surface area contributed by atoms with E-state index < -0.39 is 0 Å². The normalized spacial score (nSPS) is 17.8. The number of amides is 1. The third kappa shape index (κ3) is 4.74. The molecule has 8 heteroatoms. The highest BCUT2D eigenvalue weighted by Gasteiger charge is 2.41. The van der Waals surface area contributed by atoms with Crippen molar-refractivity contribution >= 4 is 17.2 Å². The molecule has 0 aromatic carbocycles. The summed E-state index contributed by atoms with van der Waals surface area (Å²) in [7, 11) is 1.86. The number of likely N-dealkylation sites (tertiary alicyclic amines) is 1. The lowest BCUT2D eigenvalue weighted by atomic mass is 9.82. The van der Waals surface area contributed by atoms with Gasteiger partial charge in [-0.3, -0.25) is 19.4 Å². The van der Waals surface area contributed by atoms with E-state index in [0.29, 0.717) is 12.2 Å². The Bertz CT molecular complexity index is 1110. The van der Waals surface area contributed by atoms with Crippen LogP contribution in [0.3, 0.4) is 0 Å². The van der Waals surface area contributed by atoms with E-state index in [0.717, 1.165) is 63.2 Å². The second-order valence-electron chi connectivity index (χ2n) is 8.99. The van der Waals surface area contributed by atoms with Crippen LogP contribution >= 0.6 is 11.3 Å². The molecule has 2 aliphatic heterocycles. The number of pyridine rings is 1. The van der Waals surface area contributed by atoms with E-state index >= 15 is 0 Å². The van der Waals surface area contributed by atoms with Gasteiger partial charge in [0, 0.05) is 55.3 Å². The number of fused-ring (bicyclic) bond motifs is 2. The summed E-state index contributed by atoms with van der Waals surface area (Å²) < 4.78 is 8.13. The number of rotatable bonds is 6. The molecule has 0 radical (unpaired) electrons. The number of ether oxygens (including phenoxy) is 1. The number of aryl methyl sites for hydroxylation is 2. The van der Waals surface area contributed by atoms with E-state index in [2.05, 4.69) is 33.3 Å². The summed E-state index contributed by atoms with van der Waals surface area (Å²) in [5.41, 5.74) is 3.74. The first-order valence-corrected chi connectivity index (χ1v) is 12.6. The van der Waals surface area contributed by atoms with Crippen molar-refractivity contribution < 1.29 is 9.53 Å². The van der Waals surface area contributed by atoms with Gasteiger partial charge in [-0.05, 0) is 48.6 Å². The minimum Gasteiger partial charge on any atom is -0.370 e. The van der Waals surface area contributed by atoms with Gasteiger partial charge < -0.3 is 10.1 Å². The van der Waals surface area contributed by atoms with E-state index in [1.165, 1.54) is 15.3 Å². The molecule has 0 saturated carbocycles. The van der Waals surface area contributed by atoms with Crippen molar-refractivity contribution in [2.75, 3.05) is 19.7 Å². The maximum absolute atomic E-state index is 12.4. The van der Waals surface area contributed by atoms with Gasteiger partial charge in [-0.1, -0.05) is 13.0 Å². The quantitative estimate of drug-likeness (QED) is 0.604. The van der Waals surface area contributed by atoms with Crippen LogP contribution in [0.2, 0.25) is 0 Å². The molecule has 0 aliphatic carbocycles. The fourth-order valence-corrected chi connectivity index (χ4v) is 6.04. The van der Waals surface area contributed by atoms with Crippen LogP contribution in [0.1, 0.15) is 56.8 Å². The van der Waals surface area contributed by atoms with Crippen molar-refractivity contribution in [1.29, 1.82) is 0 Å². The molecule has 7 nitrogen and oxygen atoms in total. The first-order chi connectivity index (χ1) is 16.0. The van der Waals surface area contributed by atoms with E-state index in [4.69, 9.17) is 4.74 Å². The van der Waals surface area contributed by atoms with Crippen molar-refractivity contribution in [2.45, 2.75) is 51.3 Å². The summed E-state index contributed by atoms with van der Waals surface area (Å²) in [6.07, 6.45) is 7.90. The monoisotopic (exact) mass is 465 g/mol. The fourth-order valence-electron chi connectivity index (χ4n) is 4.86. The number of piperidine rings is 1. The van der Waals surface area contributed by atoms with E-state index in [-0.39, 0.29) is 11.5 Å². The molecule has 174 valence electrons. The van der Waals surface area contributed by atoms with Crippen molar-refractivity contribution in [2.24, 2.45) is 7.05 Å². The van der Waals surface area contributed by atoms with Crippen molar-refractivity contribution in [3.63, 3.8) is 0 Å². The molecular weight excluding hydrogens is 434 g/mol. The van der Waals surface area contributed by atoms with Crippen LogP contribution < -0.4 is 5.32 Å². The highest BCUT2D eigenvalue weighted by molar-refractivity contribution is 7.12. The predicted octanol–water partition coefficient (Wildman–Crippen LogP) is 3.43. The van der Waals surface area contributed by atoms with Crippen LogP contribution in [-0.2, 0) is 43.3 Å². The number of hydrogen-bond donors (Lipinski definition) is 1. The zero-order valence-electron chi connectivity index (χ0n) is 19.3. The maximum atomic E-state index is 12.4. The molecule has 2 aliphatic rings. The Morgan fingerprint density at radius 3 is 2.82 bits per heavy atom. The summed E-state index contributed by atoms with van der Waals surface area (Å²) in [4.78, 5) is 22.3. The number of hydrogen-bond acceptors (Lipinski definition) is 6. The van der Waals surface area contributed by atoms with Crippen LogP contribution in [0.5, 0.6) is 0 Å². The lowest BCUT2D eigenvalue weighted by Gasteiger charge is -2.44. The molecule has 0 unspecified atom stereocenters. The van der Waals surface area contributed by atoms with Crippen LogP contribution in [0, 0.1) is 0 Å². The average molecular weight is 466 g/mol. The Morgan fingerprint density at radius 2 is 2.12 bits per heavy atom. The smallest absolute Gasteiger partial charge is 0.270 e. The number of nitrogens with zero attached hydrogens (tertiary/aromatic N) is 4. The molecule has 1 fully saturated rings. The van der Waals surface area contributed by atoms with Gasteiger partial charge in [0.05, 0.1) is 24.4 Å². The minimum atomic E-state index is -0.181. The molecule has 5 heterocycles. The van der Waals surface area contributed by atoms with Gasteiger partial charge in [-0.2, -0.15) is 5.10 Å². The summed E-state index contributed by atoms with van der Waals surface area (Å²) in [6, 6.07) is 8.10. The highest BCUT2D eigenvalue weighted by atomic mass is 32.1. The molecule has 1 saturated heterocycles. The number of thiophene rings is 1. The van der Waals surface area contributed by atoms with E-state index in [1.54, 1.807) is 4.68 Å².